The van der Waals surface area contributed by atoms with Gasteiger partial charge in [-0.05, 0) is 39.2 Å². The average Bonchev–Trinajstić information content (AvgIpc) is 2.37. The summed E-state index contributed by atoms with van der Waals surface area (Å²) in [7, 11) is -3.93. The summed E-state index contributed by atoms with van der Waals surface area (Å²) in [6, 6.07) is 6.24. The highest BCUT2D eigenvalue weighted by Crippen LogP contribution is 2.20. The van der Waals surface area contributed by atoms with Crippen molar-refractivity contribution in [2.24, 2.45) is 4.40 Å². The van der Waals surface area contributed by atoms with Crippen molar-refractivity contribution in [3.05, 3.63) is 41.2 Å². The number of aryl methyl sites for hydroxylation is 1. The van der Waals surface area contributed by atoms with Gasteiger partial charge in [0.25, 0.3) is 10.0 Å². The quantitative estimate of drug-likeness (QED) is 0.398. The minimum atomic E-state index is -3.93. The van der Waals surface area contributed by atoms with E-state index < -0.39 is 15.8 Å². The van der Waals surface area contributed by atoms with Gasteiger partial charge < -0.3 is 5.11 Å². The van der Waals surface area contributed by atoms with E-state index in [1.165, 1.54) is 26.0 Å². The van der Waals surface area contributed by atoms with Crippen LogP contribution in [0, 0.1) is 6.92 Å². The van der Waals surface area contributed by atoms with E-state index in [2.05, 4.69) is 4.40 Å². The van der Waals surface area contributed by atoms with Gasteiger partial charge in [0, 0.05) is 0 Å². The first-order chi connectivity index (χ1) is 9.69. The van der Waals surface area contributed by atoms with Gasteiger partial charge in [-0.2, -0.15) is 12.8 Å². The largest absolute Gasteiger partial charge is 0.512 e. The highest BCUT2D eigenvalue weighted by atomic mass is 32.2. The van der Waals surface area contributed by atoms with Gasteiger partial charge in [0.1, 0.15) is 10.8 Å². The molecule has 0 saturated heterocycles. The average molecular weight is 327 g/mol. The summed E-state index contributed by atoms with van der Waals surface area (Å²) < 4.78 is 28.2. The zero-order valence-corrected chi connectivity index (χ0v) is 13.9. The molecule has 1 rings (SSSR count). The number of aliphatic hydroxyl groups is 1. The van der Waals surface area contributed by atoms with Crippen LogP contribution in [-0.4, -0.2) is 30.6 Å². The summed E-state index contributed by atoms with van der Waals surface area (Å²) in [6.07, 6.45) is 1.59. The number of benzene rings is 1. The number of carbonyl (C=O) groups excluding carboxylic acids is 1. The van der Waals surface area contributed by atoms with Crippen LogP contribution in [0.25, 0.3) is 0 Å². The molecule has 1 aromatic rings. The molecule has 0 fully saturated rings. The predicted octanol–water partition coefficient (Wildman–Crippen LogP) is 2.87. The summed E-state index contributed by atoms with van der Waals surface area (Å²) in [4.78, 5) is 11.6. The molecule has 0 spiro atoms. The van der Waals surface area contributed by atoms with Crippen LogP contribution in [0.4, 0.5) is 0 Å². The lowest BCUT2D eigenvalue weighted by molar-refractivity contribution is -0.113. The molecule has 21 heavy (non-hydrogen) atoms. The molecule has 0 aliphatic carbocycles. The first-order valence-electron chi connectivity index (χ1n) is 6.06. The maximum atomic E-state index is 12.2. The van der Waals surface area contributed by atoms with Crippen LogP contribution in [0.5, 0.6) is 0 Å². The Balaban J connectivity index is 3.39. The minimum absolute atomic E-state index is 0.0249. The Hall–Kier alpha value is -1.60. The van der Waals surface area contributed by atoms with Gasteiger partial charge in [-0.1, -0.05) is 17.7 Å². The molecule has 0 bridgehead atoms. The van der Waals surface area contributed by atoms with Crippen molar-refractivity contribution in [2.75, 3.05) is 6.26 Å². The number of Topliss-reactive ketones (excluding diaryl/α,β-unsaturated/α-hetero) is 1. The Labute approximate surface area is 128 Å². The molecule has 0 atom stereocenters. The first kappa shape index (κ1) is 17.5. The van der Waals surface area contributed by atoms with E-state index in [1.54, 1.807) is 18.4 Å². The maximum absolute atomic E-state index is 12.2. The van der Waals surface area contributed by atoms with Gasteiger partial charge in [0.2, 0.25) is 0 Å². The van der Waals surface area contributed by atoms with Crippen molar-refractivity contribution in [1.82, 2.24) is 0 Å². The molecule has 0 saturated carbocycles. The lowest BCUT2D eigenvalue weighted by atomic mass is 10.2. The van der Waals surface area contributed by atoms with Crippen molar-refractivity contribution < 1.29 is 18.3 Å². The van der Waals surface area contributed by atoms with E-state index in [0.29, 0.717) is 0 Å². The van der Waals surface area contributed by atoms with Crippen molar-refractivity contribution >= 4 is 32.6 Å². The number of ketones is 1. The minimum Gasteiger partial charge on any atom is -0.512 e. The van der Waals surface area contributed by atoms with Gasteiger partial charge in [0.05, 0.1) is 10.5 Å². The maximum Gasteiger partial charge on any atom is 0.283 e. The van der Waals surface area contributed by atoms with Crippen LogP contribution in [0.1, 0.15) is 19.4 Å². The van der Waals surface area contributed by atoms with E-state index in [0.717, 1.165) is 17.3 Å². The summed E-state index contributed by atoms with van der Waals surface area (Å²) in [5.74, 6) is -0.697. The number of aliphatic hydroxyl groups excluding tert-OH is 1. The third-order valence-electron chi connectivity index (χ3n) is 2.64. The number of hydrogen-bond acceptors (Lipinski definition) is 5. The molecular formula is C14H17NO4S2. The van der Waals surface area contributed by atoms with Crippen molar-refractivity contribution in [3.63, 3.8) is 0 Å². The number of thioether (sulfide) groups is 1. The number of hydrogen-bond donors (Lipinski definition) is 1. The second-order valence-electron chi connectivity index (χ2n) is 4.41. The second-order valence-corrected chi connectivity index (χ2v) is 6.80. The molecule has 114 valence electrons. The normalized spacial score (nSPS) is 13.8. The zero-order chi connectivity index (χ0) is 16.2. The Morgan fingerprint density at radius 1 is 1.19 bits per heavy atom. The van der Waals surface area contributed by atoms with Crippen molar-refractivity contribution in [2.45, 2.75) is 25.7 Å². The van der Waals surface area contributed by atoms with Crippen LogP contribution >= 0.6 is 11.8 Å². The topological polar surface area (TPSA) is 83.8 Å². The fourth-order valence-corrected chi connectivity index (χ4v) is 3.60. The Morgan fingerprint density at radius 2 is 1.71 bits per heavy atom. The molecule has 0 amide bonds. The number of nitrogens with zero attached hydrogens (tertiary/aromatic N) is 1. The number of carbonyl (C=O) groups is 1. The van der Waals surface area contributed by atoms with E-state index in [1.807, 2.05) is 6.92 Å². The Morgan fingerprint density at radius 3 is 2.10 bits per heavy atom. The lowest BCUT2D eigenvalue weighted by Gasteiger charge is -2.07. The SMILES string of the molecule is CSC(=N\S(=O)(=O)c1ccc(C)cc1)/C(C(C)=O)=C(/C)O. The predicted molar refractivity (Wildman–Crippen MR) is 85.3 cm³/mol. The van der Waals surface area contributed by atoms with E-state index >= 15 is 0 Å². The van der Waals surface area contributed by atoms with Gasteiger partial charge >= 0.3 is 0 Å². The number of rotatable bonds is 4. The second kappa shape index (κ2) is 6.91. The third-order valence-corrected chi connectivity index (χ3v) is 4.73. The standard InChI is InChI=1S/C14H17NO4S2/c1-9-5-7-12(8-6-9)21(18,19)15-14(20-4)13(10(2)16)11(3)17/h5-8,16H,1-4H3/b13-10-,15-14-. The molecule has 0 unspecified atom stereocenters. The van der Waals surface area contributed by atoms with Gasteiger partial charge in [-0.15, -0.1) is 11.8 Å². The van der Waals surface area contributed by atoms with Crippen LogP contribution in [0.2, 0.25) is 0 Å². The van der Waals surface area contributed by atoms with Gasteiger partial charge in [-0.25, -0.2) is 0 Å². The highest BCUT2D eigenvalue weighted by molar-refractivity contribution is 8.14. The van der Waals surface area contributed by atoms with Crippen molar-refractivity contribution in [3.8, 4) is 0 Å². The van der Waals surface area contributed by atoms with Crippen LogP contribution in [0.3, 0.4) is 0 Å². The third kappa shape index (κ3) is 4.44. The number of sulfonamides is 1. The highest BCUT2D eigenvalue weighted by Gasteiger charge is 2.20. The Kier molecular flexibility index (Phi) is 5.74. The molecule has 0 radical (unpaired) electrons. The van der Waals surface area contributed by atoms with E-state index in [4.69, 9.17) is 0 Å². The lowest BCUT2D eigenvalue weighted by Crippen LogP contribution is -2.12. The fraction of sp³-hybridized carbons (Fsp3) is 0.286. The smallest absolute Gasteiger partial charge is 0.283 e. The summed E-state index contributed by atoms with van der Waals surface area (Å²) in [6.45, 7) is 4.42. The molecule has 7 heteroatoms. The Bertz CT molecular complexity index is 697. The summed E-state index contributed by atoms with van der Waals surface area (Å²) >= 11 is 0.991. The summed E-state index contributed by atoms with van der Waals surface area (Å²) in [5, 5.41) is 9.53. The van der Waals surface area contributed by atoms with E-state index in [-0.39, 0.29) is 21.3 Å². The zero-order valence-electron chi connectivity index (χ0n) is 12.2. The molecule has 0 heterocycles. The molecule has 0 aliphatic rings. The van der Waals surface area contributed by atoms with Gasteiger partial charge in [-0.3, -0.25) is 4.79 Å². The molecule has 5 nitrogen and oxygen atoms in total. The van der Waals surface area contributed by atoms with Crippen molar-refractivity contribution in [1.29, 1.82) is 0 Å². The van der Waals surface area contributed by atoms with Crippen LogP contribution < -0.4 is 0 Å². The number of allylic oxidation sites excluding steroid dienone is 1. The molecular weight excluding hydrogens is 310 g/mol. The molecule has 1 N–H and O–H groups in total. The monoisotopic (exact) mass is 327 g/mol. The van der Waals surface area contributed by atoms with Crippen LogP contribution in [-0.2, 0) is 14.8 Å². The molecule has 0 aromatic heterocycles. The fourth-order valence-electron chi connectivity index (χ4n) is 1.62. The van der Waals surface area contributed by atoms with Crippen LogP contribution in [0.15, 0.2) is 44.9 Å². The van der Waals surface area contributed by atoms with E-state index in [9.17, 15) is 18.3 Å². The first-order valence-corrected chi connectivity index (χ1v) is 8.72. The molecule has 0 aliphatic heterocycles. The summed E-state index contributed by atoms with van der Waals surface area (Å²) in [5.41, 5.74) is 0.844. The van der Waals surface area contributed by atoms with Gasteiger partial charge in [0.15, 0.2) is 5.78 Å². The molecule has 1 aromatic carbocycles.